The van der Waals surface area contributed by atoms with E-state index in [1.807, 2.05) is 61.0 Å². The topological polar surface area (TPSA) is 81.1 Å². The zero-order chi connectivity index (χ0) is 20.5. The quantitative estimate of drug-likeness (QED) is 0.594. The lowest BCUT2D eigenvalue weighted by molar-refractivity contribution is -0.116. The lowest BCUT2D eigenvalue weighted by Crippen LogP contribution is -2.41. The average Bonchev–Trinajstić information content (AvgIpc) is 3.09. The Morgan fingerprint density at radius 3 is 2.66 bits per heavy atom. The number of carbonyl (C=O) groups is 1. The number of benzene rings is 2. The second-order valence-electron chi connectivity index (χ2n) is 6.73. The molecule has 0 bridgehead atoms. The Labute approximate surface area is 181 Å². The van der Waals surface area contributed by atoms with Crippen LogP contribution in [0.5, 0.6) is 5.75 Å². The SMILES string of the molecule is COc1ccc([C@H]2Nn3c(C)nnc3S[C@H]2C(=O)Nc2ccc(Br)cc2C)cc1. The standard InChI is InChI=1S/C20H20BrN5O2S/c1-11-10-14(21)6-9-16(11)22-19(27)18-17(13-4-7-15(28-3)8-5-13)25-26-12(2)23-24-20(26)29-18/h4-10,17-18,25H,1-3H3,(H,22,27)/t17-,18-/m1/s1. The first-order valence-corrected chi connectivity index (χ1v) is 10.7. The molecule has 3 aromatic rings. The number of ether oxygens (including phenoxy) is 1. The molecule has 1 aromatic heterocycles. The third-order valence-corrected chi connectivity index (χ3v) is 6.49. The zero-order valence-electron chi connectivity index (χ0n) is 16.1. The van der Waals surface area contributed by atoms with E-state index in [1.165, 1.54) is 11.8 Å². The highest BCUT2D eigenvalue weighted by molar-refractivity contribution is 9.10. The highest BCUT2D eigenvalue weighted by atomic mass is 79.9. The average molecular weight is 474 g/mol. The summed E-state index contributed by atoms with van der Waals surface area (Å²) in [6.45, 7) is 3.84. The van der Waals surface area contributed by atoms with E-state index in [9.17, 15) is 4.79 Å². The van der Waals surface area contributed by atoms with Gasteiger partial charge in [0, 0.05) is 10.2 Å². The molecule has 2 heterocycles. The van der Waals surface area contributed by atoms with Crippen molar-refractivity contribution >= 4 is 39.3 Å². The number of carbonyl (C=O) groups excluding carboxylic acids is 1. The Hall–Kier alpha value is -2.52. The molecule has 2 N–H and O–H groups in total. The van der Waals surface area contributed by atoms with Gasteiger partial charge >= 0.3 is 0 Å². The number of hydrogen-bond donors (Lipinski definition) is 2. The number of hydrogen-bond acceptors (Lipinski definition) is 6. The first kappa shape index (κ1) is 19.8. The van der Waals surface area contributed by atoms with Crippen LogP contribution >= 0.6 is 27.7 Å². The van der Waals surface area contributed by atoms with E-state index in [-0.39, 0.29) is 11.9 Å². The second-order valence-corrected chi connectivity index (χ2v) is 8.76. The molecule has 0 spiro atoms. The third kappa shape index (κ3) is 3.97. The van der Waals surface area contributed by atoms with Crippen molar-refractivity contribution in [1.29, 1.82) is 0 Å². The number of fused-ring (bicyclic) bond motifs is 1. The Kier molecular flexibility index (Phi) is 5.51. The van der Waals surface area contributed by atoms with Crippen molar-refractivity contribution in [1.82, 2.24) is 14.9 Å². The number of rotatable bonds is 4. The van der Waals surface area contributed by atoms with Crippen molar-refractivity contribution < 1.29 is 9.53 Å². The summed E-state index contributed by atoms with van der Waals surface area (Å²) in [5, 5.41) is 11.6. The van der Waals surface area contributed by atoms with Crippen LogP contribution in [-0.2, 0) is 4.79 Å². The maximum absolute atomic E-state index is 13.3. The number of aromatic nitrogens is 3. The summed E-state index contributed by atoms with van der Waals surface area (Å²) in [5.41, 5.74) is 6.15. The van der Waals surface area contributed by atoms with Gasteiger partial charge in [-0.05, 0) is 55.3 Å². The van der Waals surface area contributed by atoms with Gasteiger partial charge in [0.15, 0.2) is 0 Å². The molecule has 7 nitrogen and oxygen atoms in total. The molecule has 0 aliphatic carbocycles. The van der Waals surface area contributed by atoms with E-state index in [0.29, 0.717) is 5.16 Å². The maximum atomic E-state index is 13.3. The van der Waals surface area contributed by atoms with E-state index >= 15 is 0 Å². The fraction of sp³-hybridized carbons (Fsp3) is 0.250. The minimum absolute atomic E-state index is 0.0966. The second kappa shape index (κ2) is 8.08. The summed E-state index contributed by atoms with van der Waals surface area (Å²) in [6.07, 6.45) is 0. The molecule has 29 heavy (non-hydrogen) atoms. The van der Waals surface area contributed by atoms with Crippen LogP contribution < -0.4 is 15.5 Å². The number of thioether (sulfide) groups is 1. The Morgan fingerprint density at radius 1 is 1.21 bits per heavy atom. The van der Waals surface area contributed by atoms with Gasteiger partial charge in [-0.1, -0.05) is 39.8 Å². The molecule has 1 amide bonds. The van der Waals surface area contributed by atoms with Gasteiger partial charge in [0.05, 0.1) is 13.2 Å². The van der Waals surface area contributed by atoms with Crippen LogP contribution in [0.4, 0.5) is 5.69 Å². The molecule has 0 saturated carbocycles. The molecular weight excluding hydrogens is 454 g/mol. The van der Waals surface area contributed by atoms with Crippen molar-refractivity contribution in [2.24, 2.45) is 0 Å². The van der Waals surface area contributed by atoms with E-state index < -0.39 is 5.25 Å². The molecular formula is C20H20BrN5O2S. The van der Waals surface area contributed by atoms with E-state index in [0.717, 1.165) is 32.9 Å². The number of nitrogens with zero attached hydrogens (tertiary/aromatic N) is 3. The Morgan fingerprint density at radius 2 is 1.97 bits per heavy atom. The number of aryl methyl sites for hydroxylation is 2. The maximum Gasteiger partial charge on any atom is 0.240 e. The van der Waals surface area contributed by atoms with Gasteiger partial charge in [-0.25, -0.2) is 4.68 Å². The van der Waals surface area contributed by atoms with Gasteiger partial charge < -0.3 is 15.5 Å². The highest BCUT2D eigenvalue weighted by Gasteiger charge is 2.37. The highest BCUT2D eigenvalue weighted by Crippen LogP contribution is 2.38. The van der Waals surface area contributed by atoms with Crippen LogP contribution in [0.2, 0.25) is 0 Å². The Bertz CT molecular complexity index is 1050. The monoisotopic (exact) mass is 473 g/mol. The number of anilines is 1. The molecule has 0 fully saturated rings. The summed E-state index contributed by atoms with van der Waals surface area (Å²) in [5.74, 6) is 1.42. The molecule has 2 aromatic carbocycles. The van der Waals surface area contributed by atoms with Gasteiger partial charge in [-0.3, -0.25) is 4.79 Å². The van der Waals surface area contributed by atoms with Crippen LogP contribution in [-0.4, -0.2) is 33.1 Å². The van der Waals surface area contributed by atoms with Gasteiger partial charge in [-0.2, -0.15) is 0 Å². The van der Waals surface area contributed by atoms with E-state index in [4.69, 9.17) is 4.74 Å². The first-order chi connectivity index (χ1) is 14.0. The molecule has 9 heteroatoms. The molecule has 2 atom stereocenters. The van der Waals surface area contributed by atoms with Crippen LogP contribution in [0, 0.1) is 13.8 Å². The number of halogens is 1. The van der Waals surface area contributed by atoms with E-state index in [2.05, 4.69) is 36.9 Å². The number of methoxy groups -OCH3 is 1. The summed E-state index contributed by atoms with van der Waals surface area (Å²) in [7, 11) is 1.63. The summed E-state index contributed by atoms with van der Waals surface area (Å²) >= 11 is 4.86. The number of amides is 1. The van der Waals surface area contributed by atoms with Crippen LogP contribution in [0.3, 0.4) is 0 Å². The lowest BCUT2D eigenvalue weighted by atomic mass is 10.0. The minimum Gasteiger partial charge on any atom is -0.497 e. The summed E-state index contributed by atoms with van der Waals surface area (Å²) in [4.78, 5) is 13.3. The summed E-state index contributed by atoms with van der Waals surface area (Å²) in [6, 6.07) is 13.2. The normalized spacial score (nSPS) is 17.9. The van der Waals surface area contributed by atoms with Gasteiger partial charge in [0.25, 0.3) is 0 Å². The largest absolute Gasteiger partial charge is 0.497 e. The summed E-state index contributed by atoms with van der Waals surface area (Å²) < 4.78 is 8.06. The number of nitrogens with one attached hydrogen (secondary N) is 2. The van der Waals surface area contributed by atoms with Gasteiger partial charge in [-0.15, -0.1) is 10.2 Å². The molecule has 4 rings (SSSR count). The predicted molar refractivity (Wildman–Crippen MR) is 117 cm³/mol. The van der Waals surface area contributed by atoms with Crippen LogP contribution in [0.15, 0.2) is 52.1 Å². The fourth-order valence-corrected chi connectivity index (χ4v) is 4.79. The molecule has 1 aliphatic rings. The molecule has 150 valence electrons. The molecule has 0 unspecified atom stereocenters. The smallest absolute Gasteiger partial charge is 0.240 e. The first-order valence-electron chi connectivity index (χ1n) is 9.02. The fourth-order valence-electron chi connectivity index (χ4n) is 3.19. The van der Waals surface area contributed by atoms with Crippen molar-refractivity contribution in [3.63, 3.8) is 0 Å². The van der Waals surface area contributed by atoms with E-state index in [1.54, 1.807) is 7.11 Å². The molecule has 0 saturated heterocycles. The zero-order valence-corrected chi connectivity index (χ0v) is 18.5. The molecule has 1 aliphatic heterocycles. The van der Waals surface area contributed by atoms with Crippen molar-refractivity contribution in [3.8, 4) is 5.75 Å². The van der Waals surface area contributed by atoms with Gasteiger partial charge in [0.1, 0.15) is 16.8 Å². The molecule has 0 radical (unpaired) electrons. The van der Waals surface area contributed by atoms with Gasteiger partial charge in [0.2, 0.25) is 11.1 Å². The Balaban J connectivity index is 1.66. The van der Waals surface area contributed by atoms with Crippen molar-refractivity contribution in [2.45, 2.75) is 30.3 Å². The third-order valence-electron chi connectivity index (χ3n) is 4.78. The lowest BCUT2D eigenvalue weighted by Gasteiger charge is -2.33. The van der Waals surface area contributed by atoms with Crippen LogP contribution in [0.25, 0.3) is 0 Å². The van der Waals surface area contributed by atoms with Crippen molar-refractivity contribution in [3.05, 3.63) is 63.9 Å². The van der Waals surface area contributed by atoms with Crippen LogP contribution in [0.1, 0.15) is 23.0 Å². The predicted octanol–water partition coefficient (Wildman–Crippen LogP) is 4.06. The minimum atomic E-state index is -0.428. The van der Waals surface area contributed by atoms with Crippen molar-refractivity contribution in [2.75, 3.05) is 17.9 Å².